The molecule has 1 saturated heterocycles. The second-order valence-electron chi connectivity index (χ2n) is 7.64. The van der Waals surface area contributed by atoms with E-state index in [0.717, 1.165) is 6.26 Å². The largest absolute Gasteiger partial charge is 0.490 e. The molecule has 0 aliphatic carbocycles. The predicted molar refractivity (Wildman–Crippen MR) is 117 cm³/mol. The van der Waals surface area contributed by atoms with Crippen molar-refractivity contribution in [3.63, 3.8) is 0 Å². The first kappa shape index (κ1) is 22.6. The Bertz CT molecular complexity index is 1150. The molecule has 2 aromatic carbocycles. The van der Waals surface area contributed by atoms with E-state index in [1.807, 2.05) is 0 Å². The summed E-state index contributed by atoms with van der Waals surface area (Å²) in [5.74, 6) is -1.09. The summed E-state index contributed by atoms with van der Waals surface area (Å²) in [6.07, 6.45) is 2.32. The van der Waals surface area contributed by atoms with Crippen molar-refractivity contribution in [2.75, 3.05) is 19.3 Å². The molecule has 0 spiro atoms. The summed E-state index contributed by atoms with van der Waals surface area (Å²) in [4.78, 5) is 18.8. The molecule has 1 heterocycles. The number of carbonyl (C=O) groups is 1. The van der Waals surface area contributed by atoms with Crippen molar-refractivity contribution in [3.8, 4) is 5.75 Å². The van der Waals surface area contributed by atoms with Gasteiger partial charge < -0.3 is 15.0 Å². The second-order valence-corrected chi connectivity index (χ2v) is 9.66. The average Bonchev–Trinajstić information content (AvgIpc) is 3.06. The Morgan fingerprint density at radius 1 is 1.29 bits per heavy atom. The minimum Gasteiger partial charge on any atom is -0.490 e. The number of carbonyl (C=O) groups excluding carboxylic acids is 1. The van der Waals surface area contributed by atoms with E-state index >= 15 is 0 Å². The Hall–Kier alpha value is -3.07. The van der Waals surface area contributed by atoms with E-state index in [9.17, 15) is 17.6 Å². The number of sulfone groups is 1. The van der Waals surface area contributed by atoms with Gasteiger partial charge in [0.05, 0.1) is 34.7 Å². The molecule has 3 rings (SSSR count). The van der Waals surface area contributed by atoms with Crippen LogP contribution in [0.2, 0.25) is 0 Å². The Labute approximate surface area is 181 Å². The quantitative estimate of drug-likeness (QED) is 0.688. The molecule has 31 heavy (non-hydrogen) atoms. The topological polar surface area (TPSA) is 99.9 Å². The molecule has 1 N–H and O–H groups in total. The number of nitrogens with one attached hydrogen (secondary N) is 1. The molecule has 1 fully saturated rings. The molecule has 1 aliphatic heterocycles. The van der Waals surface area contributed by atoms with E-state index in [0.29, 0.717) is 0 Å². The van der Waals surface area contributed by atoms with Crippen molar-refractivity contribution in [2.24, 2.45) is 10.9 Å². The van der Waals surface area contributed by atoms with Crippen LogP contribution in [-0.2, 0) is 9.84 Å². The van der Waals surface area contributed by atoms with Crippen molar-refractivity contribution < 1.29 is 22.3 Å². The SMILES string of the molecule is CC(C)Oc1ccc(S(C)(=O)=O)cc1C(=O)N1CC(=N)C(C=Nc2ccccc2F)C1. The van der Waals surface area contributed by atoms with Crippen LogP contribution in [0.15, 0.2) is 52.4 Å². The van der Waals surface area contributed by atoms with Crippen LogP contribution in [0.1, 0.15) is 24.2 Å². The Balaban J connectivity index is 1.86. The molecular weight excluding hydrogens is 421 g/mol. The molecule has 1 amide bonds. The molecule has 0 saturated carbocycles. The van der Waals surface area contributed by atoms with Crippen molar-refractivity contribution in [2.45, 2.75) is 24.8 Å². The number of benzene rings is 2. The number of aliphatic imine (C=N–C) groups is 1. The molecule has 0 bridgehead atoms. The van der Waals surface area contributed by atoms with Gasteiger partial charge in [-0.1, -0.05) is 12.1 Å². The summed E-state index contributed by atoms with van der Waals surface area (Å²) in [7, 11) is -3.52. The monoisotopic (exact) mass is 445 g/mol. The van der Waals surface area contributed by atoms with E-state index in [2.05, 4.69) is 4.99 Å². The average molecular weight is 446 g/mol. The Morgan fingerprint density at radius 2 is 2.00 bits per heavy atom. The summed E-state index contributed by atoms with van der Waals surface area (Å²) in [6.45, 7) is 3.86. The number of rotatable bonds is 6. The van der Waals surface area contributed by atoms with E-state index in [-0.39, 0.29) is 46.8 Å². The first-order chi connectivity index (χ1) is 14.6. The number of hydrogen-bond donors (Lipinski definition) is 1. The first-order valence-corrected chi connectivity index (χ1v) is 11.6. The molecule has 0 radical (unpaired) electrons. The number of nitrogens with zero attached hydrogens (tertiary/aromatic N) is 2. The van der Waals surface area contributed by atoms with Gasteiger partial charge in [-0.05, 0) is 44.2 Å². The number of ether oxygens (including phenoxy) is 1. The predicted octanol–water partition coefficient (Wildman–Crippen LogP) is 3.51. The fourth-order valence-corrected chi connectivity index (χ4v) is 3.83. The van der Waals surface area contributed by atoms with Gasteiger partial charge in [-0.3, -0.25) is 9.79 Å². The van der Waals surface area contributed by atoms with Crippen LogP contribution >= 0.6 is 0 Å². The Morgan fingerprint density at radius 3 is 2.65 bits per heavy atom. The second kappa shape index (κ2) is 8.97. The summed E-state index contributed by atoms with van der Waals surface area (Å²) < 4.78 is 43.4. The molecule has 7 nitrogen and oxygen atoms in total. The number of halogens is 1. The summed E-state index contributed by atoms with van der Waals surface area (Å²) >= 11 is 0. The summed E-state index contributed by atoms with van der Waals surface area (Å²) in [5.41, 5.74) is 0.545. The molecule has 1 atom stereocenters. The van der Waals surface area contributed by atoms with Gasteiger partial charge in [-0.2, -0.15) is 0 Å². The van der Waals surface area contributed by atoms with Crippen molar-refractivity contribution in [3.05, 3.63) is 53.8 Å². The lowest BCUT2D eigenvalue weighted by molar-refractivity contribution is 0.0788. The van der Waals surface area contributed by atoms with E-state index in [1.165, 1.54) is 41.4 Å². The highest BCUT2D eigenvalue weighted by atomic mass is 32.2. The van der Waals surface area contributed by atoms with Gasteiger partial charge in [0.25, 0.3) is 5.91 Å². The van der Waals surface area contributed by atoms with Gasteiger partial charge in [-0.15, -0.1) is 0 Å². The molecule has 1 aliphatic rings. The van der Waals surface area contributed by atoms with Crippen LogP contribution in [0.5, 0.6) is 5.75 Å². The number of likely N-dealkylation sites (tertiary alicyclic amines) is 1. The van der Waals surface area contributed by atoms with Crippen LogP contribution < -0.4 is 4.74 Å². The molecule has 2 aromatic rings. The first-order valence-electron chi connectivity index (χ1n) is 9.72. The highest BCUT2D eigenvalue weighted by molar-refractivity contribution is 7.90. The maximum absolute atomic E-state index is 13.8. The van der Waals surface area contributed by atoms with E-state index < -0.39 is 27.5 Å². The standard InChI is InChI=1S/C22H24FN3O4S/c1-14(2)30-21-9-8-16(31(3,28)29)10-17(21)22(27)26-12-15(19(24)13-26)11-25-20-7-5-4-6-18(20)23/h4-11,14-15,24H,12-13H2,1-3H3. The van der Waals surface area contributed by atoms with Crippen LogP contribution in [0.4, 0.5) is 10.1 Å². The lowest BCUT2D eigenvalue weighted by Crippen LogP contribution is -2.30. The molecule has 0 aromatic heterocycles. The highest BCUT2D eigenvalue weighted by Gasteiger charge is 2.32. The lowest BCUT2D eigenvalue weighted by atomic mass is 10.1. The van der Waals surface area contributed by atoms with Gasteiger partial charge in [-0.25, -0.2) is 12.8 Å². The summed E-state index contributed by atoms with van der Waals surface area (Å²) in [5, 5.41) is 8.21. The lowest BCUT2D eigenvalue weighted by Gasteiger charge is -2.19. The third kappa shape index (κ3) is 5.35. The van der Waals surface area contributed by atoms with Crippen LogP contribution in [0.25, 0.3) is 0 Å². The van der Waals surface area contributed by atoms with E-state index in [4.69, 9.17) is 10.1 Å². The molecule has 1 unspecified atom stereocenters. The molecule has 164 valence electrons. The number of para-hydroxylation sites is 1. The minimum absolute atomic E-state index is 0.0129. The van der Waals surface area contributed by atoms with Gasteiger partial charge in [0, 0.05) is 24.7 Å². The summed E-state index contributed by atoms with van der Waals surface area (Å²) in [6, 6.07) is 10.2. The smallest absolute Gasteiger partial charge is 0.258 e. The van der Waals surface area contributed by atoms with Gasteiger partial charge >= 0.3 is 0 Å². The fourth-order valence-electron chi connectivity index (χ4n) is 3.19. The van der Waals surface area contributed by atoms with Crippen LogP contribution in [0.3, 0.4) is 0 Å². The Kier molecular flexibility index (Phi) is 6.54. The van der Waals surface area contributed by atoms with Crippen molar-refractivity contribution >= 4 is 33.4 Å². The maximum atomic E-state index is 13.8. The van der Waals surface area contributed by atoms with Gasteiger partial charge in [0.1, 0.15) is 11.6 Å². The zero-order valence-corrected chi connectivity index (χ0v) is 18.3. The van der Waals surface area contributed by atoms with Crippen molar-refractivity contribution in [1.82, 2.24) is 4.90 Å². The van der Waals surface area contributed by atoms with Crippen LogP contribution in [-0.4, -0.2) is 56.6 Å². The van der Waals surface area contributed by atoms with E-state index in [1.54, 1.807) is 26.0 Å². The third-order valence-corrected chi connectivity index (χ3v) is 5.84. The number of hydrogen-bond acceptors (Lipinski definition) is 6. The highest BCUT2D eigenvalue weighted by Crippen LogP contribution is 2.27. The fraction of sp³-hybridized carbons (Fsp3) is 0.318. The zero-order valence-electron chi connectivity index (χ0n) is 17.5. The maximum Gasteiger partial charge on any atom is 0.258 e. The number of amides is 1. The van der Waals surface area contributed by atoms with Gasteiger partial charge in [0.15, 0.2) is 9.84 Å². The van der Waals surface area contributed by atoms with Crippen molar-refractivity contribution in [1.29, 1.82) is 5.41 Å². The zero-order chi connectivity index (χ0) is 22.8. The van der Waals surface area contributed by atoms with Gasteiger partial charge in [0.2, 0.25) is 0 Å². The minimum atomic E-state index is -3.52. The molecule has 9 heteroatoms. The normalized spacial score (nSPS) is 17.0. The van der Waals surface area contributed by atoms with Crippen LogP contribution in [0, 0.1) is 17.1 Å². The third-order valence-electron chi connectivity index (χ3n) is 4.73. The molecular formula is C22H24FN3O4S.